The van der Waals surface area contributed by atoms with Crippen molar-refractivity contribution in [3.63, 3.8) is 0 Å². The lowest BCUT2D eigenvalue weighted by Gasteiger charge is -2.23. The number of sulfone groups is 1. The van der Waals surface area contributed by atoms with Gasteiger partial charge in [-0.15, -0.1) is 0 Å². The Kier molecular flexibility index (Phi) is 5.65. The Morgan fingerprint density at radius 1 is 1.13 bits per heavy atom. The third-order valence-electron chi connectivity index (χ3n) is 3.13. The van der Waals surface area contributed by atoms with E-state index in [-0.39, 0.29) is 5.56 Å². The molecule has 5 nitrogen and oxygen atoms in total. The average Bonchev–Trinajstić information content (AvgIpc) is 2.43. The lowest BCUT2D eigenvalue weighted by molar-refractivity contribution is -0.0439. The van der Waals surface area contributed by atoms with Crippen LogP contribution in [0.1, 0.15) is 11.1 Å². The van der Waals surface area contributed by atoms with E-state index in [4.69, 9.17) is 0 Å². The lowest BCUT2D eigenvalue weighted by Crippen LogP contribution is -2.45. The SMILES string of the molecule is C=Cc1ccc(CC(S(=O)(=O)N(C)C)S(=O)(=O)C(F)(F)F)cc1. The van der Waals surface area contributed by atoms with Crippen LogP contribution in [0.4, 0.5) is 13.2 Å². The number of hydrogen-bond acceptors (Lipinski definition) is 4. The molecule has 1 aromatic carbocycles. The molecule has 0 aliphatic heterocycles. The van der Waals surface area contributed by atoms with Crippen LogP contribution in [0.3, 0.4) is 0 Å². The third-order valence-corrected chi connectivity index (χ3v) is 7.97. The zero-order chi connectivity index (χ0) is 18.1. The highest BCUT2D eigenvalue weighted by molar-refractivity contribution is 8.08. The van der Waals surface area contributed by atoms with Gasteiger partial charge in [0.15, 0.2) is 4.58 Å². The number of halogens is 3. The molecule has 0 bridgehead atoms. The monoisotopic (exact) mass is 371 g/mol. The zero-order valence-corrected chi connectivity index (χ0v) is 14.0. The number of sulfonamides is 1. The standard InChI is InChI=1S/C13H16F3NO4S2/c1-4-10-5-7-11(8-6-10)9-12(23(20,21)17(2)3)22(18,19)13(14,15)16/h4-8,12H,1,9H2,2-3H3. The van der Waals surface area contributed by atoms with Crippen LogP contribution in [-0.4, -0.2) is 45.3 Å². The molecule has 0 N–H and O–H groups in total. The molecule has 1 atom stereocenters. The summed E-state index contributed by atoms with van der Waals surface area (Å²) in [7, 11) is -8.63. The Bertz CT molecular complexity index is 766. The second kappa shape index (κ2) is 6.62. The highest BCUT2D eigenvalue weighted by Gasteiger charge is 2.55. The quantitative estimate of drug-likeness (QED) is 0.767. The van der Waals surface area contributed by atoms with Gasteiger partial charge in [0, 0.05) is 20.5 Å². The summed E-state index contributed by atoms with van der Waals surface area (Å²) in [6.07, 6.45) is 0.685. The van der Waals surface area contributed by atoms with Gasteiger partial charge in [0.05, 0.1) is 0 Å². The predicted octanol–water partition coefficient (Wildman–Crippen LogP) is 2.02. The molecule has 1 unspecified atom stereocenters. The first-order chi connectivity index (χ1) is 10.3. The maximum absolute atomic E-state index is 12.8. The van der Waals surface area contributed by atoms with Crippen molar-refractivity contribution in [3.05, 3.63) is 42.0 Å². The molecule has 0 spiro atoms. The van der Waals surface area contributed by atoms with Crippen molar-refractivity contribution in [1.29, 1.82) is 0 Å². The van der Waals surface area contributed by atoms with E-state index in [1.807, 2.05) is 0 Å². The van der Waals surface area contributed by atoms with Crippen LogP contribution in [-0.2, 0) is 26.3 Å². The lowest BCUT2D eigenvalue weighted by atomic mass is 10.1. The topological polar surface area (TPSA) is 71.5 Å². The van der Waals surface area contributed by atoms with Gasteiger partial charge in [-0.25, -0.2) is 21.1 Å². The molecule has 1 rings (SSSR count). The van der Waals surface area contributed by atoms with E-state index in [2.05, 4.69) is 6.58 Å². The maximum atomic E-state index is 12.8. The number of rotatable bonds is 6. The van der Waals surface area contributed by atoms with Crippen LogP contribution >= 0.6 is 0 Å². The maximum Gasteiger partial charge on any atom is 0.498 e. The highest BCUT2D eigenvalue weighted by Crippen LogP contribution is 2.32. The second-order valence-electron chi connectivity index (χ2n) is 4.90. The largest absolute Gasteiger partial charge is 0.498 e. The minimum Gasteiger partial charge on any atom is -0.218 e. The number of alkyl halides is 3. The van der Waals surface area contributed by atoms with Gasteiger partial charge in [0.1, 0.15) is 0 Å². The van der Waals surface area contributed by atoms with E-state index in [0.717, 1.165) is 14.1 Å². The number of nitrogens with zero attached hydrogens (tertiary/aromatic N) is 1. The molecule has 23 heavy (non-hydrogen) atoms. The molecule has 0 saturated heterocycles. The molecule has 1 aromatic rings. The minimum atomic E-state index is -5.90. The van der Waals surface area contributed by atoms with Crippen molar-refractivity contribution in [2.75, 3.05) is 14.1 Å². The summed E-state index contributed by atoms with van der Waals surface area (Å²) >= 11 is 0. The van der Waals surface area contributed by atoms with Gasteiger partial charge in [0.25, 0.3) is 9.84 Å². The molecule has 10 heteroatoms. The van der Waals surface area contributed by atoms with Crippen LogP contribution in [0.5, 0.6) is 0 Å². The van der Waals surface area contributed by atoms with Crippen molar-refractivity contribution >= 4 is 25.9 Å². The summed E-state index contributed by atoms with van der Waals surface area (Å²) in [4.78, 5) is 0. The van der Waals surface area contributed by atoms with Gasteiger partial charge in [-0.1, -0.05) is 36.9 Å². The Morgan fingerprint density at radius 2 is 1.61 bits per heavy atom. The second-order valence-corrected chi connectivity index (χ2v) is 9.65. The smallest absolute Gasteiger partial charge is 0.218 e. The van der Waals surface area contributed by atoms with Crippen LogP contribution in [0, 0.1) is 0 Å². The fraction of sp³-hybridized carbons (Fsp3) is 0.385. The summed E-state index contributed by atoms with van der Waals surface area (Å²) in [6, 6.07) is 5.73. The van der Waals surface area contributed by atoms with E-state index in [1.54, 1.807) is 0 Å². The van der Waals surface area contributed by atoms with Crippen molar-refractivity contribution in [1.82, 2.24) is 4.31 Å². The van der Waals surface area contributed by atoms with Crippen LogP contribution in [0.25, 0.3) is 6.08 Å². The van der Waals surface area contributed by atoms with Crippen LogP contribution < -0.4 is 0 Å². The minimum absolute atomic E-state index is 0.152. The first-order valence-corrected chi connectivity index (χ1v) is 9.32. The van der Waals surface area contributed by atoms with Gasteiger partial charge in [-0.2, -0.15) is 13.2 Å². The van der Waals surface area contributed by atoms with Crippen molar-refractivity contribution < 1.29 is 30.0 Å². The fourth-order valence-corrected chi connectivity index (χ4v) is 5.45. The highest BCUT2D eigenvalue weighted by atomic mass is 32.3. The summed E-state index contributed by atoms with van der Waals surface area (Å²) in [5.41, 5.74) is -4.85. The van der Waals surface area contributed by atoms with Gasteiger partial charge >= 0.3 is 5.51 Å². The van der Waals surface area contributed by atoms with E-state index in [0.29, 0.717) is 9.87 Å². The average molecular weight is 371 g/mol. The summed E-state index contributed by atoms with van der Waals surface area (Å²) in [5, 5.41) is 0. The van der Waals surface area contributed by atoms with Crippen molar-refractivity contribution in [2.24, 2.45) is 0 Å². The first-order valence-electron chi connectivity index (χ1n) is 6.27. The molecule has 0 aromatic heterocycles. The fourth-order valence-electron chi connectivity index (χ4n) is 1.74. The Hall–Kier alpha value is -1.39. The summed E-state index contributed by atoms with van der Waals surface area (Å²) in [5.74, 6) is 0. The van der Waals surface area contributed by atoms with E-state index in [1.165, 1.54) is 30.3 Å². The molecule has 0 amide bonds. The van der Waals surface area contributed by atoms with E-state index >= 15 is 0 Å². The Balaban J connectivity index is 3.39. The molecule has 0 fully saturated rings. The third kappa shape index (κ3) is 4.12. The molecular formula is C13H16F3NO4S2. The van der Waals surface area contributed by atoms with Gasteiger partial charge < -0.3 is 0 Å². The van der Waals surface area contributed by atoms with Gasteiger partial charge in [0.2, 0.25) is 10.0 Å². The predicted molar refractivity (Wildman–Crippen MR) is 81.6 cm³/mol. The van der Waals surface area contributed by atoms with Gasteiger partial charge in [-0.05, 0) is 11.1 Å². The van der Waals surface area contributed by atoms with Crippen molar-refractivity contribution in [2.45, 2.75) is 16.5 Å². The Morgan fingerprint density at radius 3 is 1.96 bits per heavy atom. The van der Waals surface area contributed by atoms with E-state index in [9.17, 15) is 30.0 Å². The molecule has 0 saturated carbocycles. The van der Waals surface area contributed by atoms with E-state index < -0.39 is 36.4 Å². The molecule has 0 radical (unpaired) electrons. The molecule has 0 heterocycles. The van der Waals surface area contributed by atoms with Crippen molar-refractivity contribution in [3.8, 4) is 0 Å². The molecule has 130 valence electrons. The Labute approximate surface area is 133 Å². The van der Waals surface area contributed by atoms with Crippen LogP contribution in [0.2, 0.25) is 0 Å². The van der Waals surface area contributed by atoms with Crippen LogP contribution in [0.15, 0.2) is 30.8 Å². The molecular weight excluding hydrogens is 355 g/mol. The first kappa shape index (κ1) is 19.7. The molecule has 0 aliphatic carbocycles. The van der Waals surface area contributed by atoms with Gasteiger partial charge in [-0.3, -0.25) is 0 Å². The normalized spacial score (nSPS) is 14.7. The summed E-state index contributed by atoms with van der Waals surface area (Å²) < 4.78 is 83.8. The molecule has 0 aliphatic rings. The summed E-state index contributed by atoms with van der Waals surface area (Å²) in [6.45, 7) is 3.51. The zero-order valence-electron chi connectivity index (χ0n) is 12.4. The number of hydrogen-bond donors (Lipinski definition) is 0. The number of benzene rings is 1.